The Labute approximate surface area is 101 Å². The molecule has 1 amide bonds. The van der Waals surface area contributed by atoms with Crippen LogP contribution in [0.2, 0.25) is 0 Å². The molecule has 2 heterocycles. The molecule has 1 aromatic carbocycles. The molecule has 0 spiro atoms. The third-order valence-electron chi connectivity index (χ3n) is 3.67. The van der Waals surface area contributed by atoms with Gasteiger partial charge in [-0.2, -0.15) is 0 Å². The molecule has 1 fully saturated rings. The minimum absolute atomic E-state index is 0.237. The van der Waals surface area contributed by atoms with Gasteiger partial charge in [-0.3, -0.25) is 4.79 Å². The number of carbonyl (C=O) groups excluding carboxylic acids is 1. The number of rotatable bonds is 1. The standard InChI is InChI=1S/C14H17NO2/c1-9(2)10-3-5-13-12(7-10)15-11(8-17-13)4-6-14(15)16/h3,5,7,9,11H,4,6,8H2,1-2H3/t11-/m0/s1. The number of amides is 1. The second-order valence-corrected chi connectivity index (χ2v) is 5.15. The lowest BCUT2D eigenvalue weighted by Crippen LogP contribution is -2.40. The van der Waals surface area contributed by atoms with Crippen molar-refractivity contribution in [3.05, 3.63) is 23.8 Å². The Balaban J connectivity index is 2.07. The normalized spacial score (nSPS) is 22.4. The molecular weight excluding hydrogens is 214 g/mol. The zero-order chi connectivity index (χ0) is 12.0. The van der Waals surface area contributed by atoms with E-state index >= 15 is 0 Å². The molecule has 17 heavy (non-hydrogen) atoms. The van der Waals surface area contributed by atoms with E-state index in [1.165, 1.54) is 5.56 Å². The van der Waals surface area contributed by atoms with E-state index in [0.29, 0.717) is 18.9 Å². The van der Waals surface area contributed by atoms with Gasteiger partial charge in [0.1, 0.15) is 12.4 Å². The van der Waals surface area contributed by atoms with Crippen LogP contribution in [-0.4, -0.2) is 18.6 Å². The summed E-state index contributed by atoms with van der Waals surface area (Å²) in [6, 6.07) is 6.43. The van der Waals surface area contributed by atoms with Gasteiger partial charge in [0, 0.05) is 6.42 Å². The first kappa shape index (κ1) is 10.6. The predicted molar refractivity (Wildman–Crippen MR) is 66.5 cm³/mol. The van der Waals surface area contributed by atoms with Crippen molar-refractivity contribution in [1.82, 2.24) is 0 Å². The van der Waals surface area contributed by atoms with Crippen LogP contribution in [0.3, 0.4) is 0 Å². The molecule has 0 N–H and O–H groups in total. The van der Waals surface area contributed by atoms with Crippen LogP contribution in [-0.2, 0) is 4.79 Å². The summed E-state index contributed by atoms with van der Waals surface area (Å²) >= 11 is 0. The summed E-state index contributed by atoms with van der Waals surface area (Å²) in [5.74, 6) is 1.56. The van der Waals surface area contributed by atoms with E-state index in [1.807, 2.05) is 11.0 Å². The third-order valence-corrected chi connectivity index (χ3v) is 3.67. The Morgan fingerprint density at radius 2 is 2.24 bits per heavy atom. The van der Waals surface area contributed by atoms with Gasteiger partial charge in [0.05, 0.1) is 11.7 Å². The van der Waals surface area contributed by atoms with Crippen molar-refractivity contribution in [3.63, 3.8) is 0 Å². The molecule has 0 radical (unpaired) electrons. The lowest BCUT2D eigenvalue weighted by Gasteiger charge is -2.32. The smallest absolute Gasteiger partial charge is 0.227 e. The van der Waals surface area contributed by atoms with Crippen molar-refractivity contribution in [3.8, 4) is 5.75 Å². The van der Waals surface area contributed by atoms with Crippen LogP contribution in [0.4, 0.5) is 5.69 Å². The van der Waals surface area contributed by atoms with Crippen molar-refractivity contribution < 1.29 is 9.53 Å². The second-order valence-electron chi connectivity index (χ2n) is 5.15. The van der Waals surface area contributed by atoms with Gasteiger partial charge in [-0.1, -0.05) is 19.9 Å². The highest BCUT2D eigenvalue weighted by Gasteiger charge is 2.37. The van der Waals surface area contributed by atoms with Crippen LogP contribution in [0.1, 0.15) is 38.2 Å². The maximum absolute atomic E-state index is 11.9. The highest BCUT2D eigenvalue weighted by Crippen LogP contribution is 2.40. The van der Waals surface area contributed by atoms with Gasteiger partial charge in [-0.05, 0) is 30.0 Å². The zero-order valence-electron chi connectivity index (χ0n) is 10.3. The molecule has 3 heteroatoms. The lowest BCUT2D eigenvalue weighted by molar-refractivity contribution is -0.117. The Bertz CT molecular complexity index is 467. The fourth-order valence-electron chi connectivity index (χ4n) is 2.62. The molecule has 0 aromatic heterocycles. The summed E-state index contributed by atoms with van der Waals surface area (Å²) < 4.78 is 5.73. The van der Waals surface area contributed by atoms with Crippen molar-refractivity contribution in [1.29, 1.82) is 0 Å². The van der Waals surface area contributed by atoms with Crippen molar-refractivity contribution in [2.45, 2.75) is 38.6 Å². The molecule has 0 aliphatic carbocycles. The summed E-state index contributed by atoms with van der Waals surface area (Å²) in [4.78, 5) is 13.9. The molecule has 1 atom stereocenters. The van der Waals surface area contributed by atoms with Crippen LogP contribution in [0.25, 0.3) is 0 Å². The maximum Gasteiger partial charge on any atom is 0.227 e. The van der Waals surface area contributed by atoms with Gasteiger partial charge in [0.25, 0.3) is 0 Å². The van der Waals surface area contributed by atoms with Gasteiger partial charge in [-0.15, -0.1) is 0 Å². The van der Waals surface area contributed by atoms with E-state index in [0.717, 1.165) is 17.9 Å². The Morgan fingerprint density at radius 3 is 3.00 bits per heavy atom. The first-order valence-corrected chi connectivity index (χ1v) is 6.25. The number of nitrogens with zero attached hydrogens (tertiary/aromatic N) is 1. The van der Waals surface area contributed by atoms with E-state index < -0.39 is 0 Å². The number of fused-ring (bicyclic) bond motifs is 3. The maximum atomic E-state index is 11.9. The minimum Gasteiger partial charge on any atom is -0.489 e. The SMILES string of the molecule is CC(C)c1ccc2c(c1)N1C(=O)CC[C@H]1CO2. The monoisotopic (exact) mass is 231 g/mol. The molecule has 90 valence electrons. The number of carbonyl (C=O) groups is 1. The van der Waals surface area contributed by atoms with E-state index in [1.54, 1.807) is 0 Å². The fraction of sp³-hybridized carbons (Fsp3) is 0.500. The van der Waals surface area contributed by atoms with E-state index in [4.69, 9.17) is 4.74 Å². The van der Waals surface area contributed by atoms with Crippen LogP contribution in [0, 0.1) is 0 Å². The largest absolute Gasteiger partial charge is 0.489 e. The van der Waals surface area contributed by atoms with Gasteiger partial charge in [-0.25, -0.2) is 0 Å². The third kappa shape index (κ3) is 1.61. The summed E-state index contributed by atoms with van der Waals surface area (Å²) in [5.41, 5.74) is 2.22. The number of hydrogen-bond acceptors (Lipinski definition) is 2. The minimum atomic E-state index is 0.237. The van der Waals surface area contributed by atoms with Crippen LogP contribution < -0.4 is 9.64 Å². The first-order chi connectivity index (χ1) is 8.16. The Morgan fingerprint density at radius 1 is 1.41 bits per heavy atom. The molecule has 2 aliphatic rings. The second kappa shape index (κ2) is 3.76. The van der Waals surface area contributed by atoms with Gasteiger partial charge in [0.2, 0.25) is 5.91 Å². The van der Waals surface area contributed by atoms with Crippen molar-refractivity contribution >= 4 is 11.6 Å². The summed E-state index contributed by atoms with van der Waals surface area (Å²) in [7, 11) is 0. The molecule has 2 aliphatic heterocycles. The van der Waals surface area contributed by atoms with Crippen LogP contribution >= 0.6 is 0 Å². The Hall–Kier alpha value is -1.51. The lowest BCUT2D eigenvalue weighted by atomic mass is 10.0. The highest BCUT2D eigenvalue weighted by atomic mass is 16.5. The van der Waals surface area contributed by atoms with Crippen LogP contribution in [0.5, 0.6) is 5.75 Å². The number of benzene rings is 1. The van der Waals surface area contributed by atoms with E-state index in [9.17, 15) is 4.79 Å². The summed E-state index contributed by atoms with van der Waals surface area (Å²) in [6.45, 7) is 4.96. The molecule has 0 saturated carbocycles. The van der Waals surface area contributed by atoms with E-state index in [-0.39, 0.29) is 11.9 Å². The van der Waals surface area contributed by atoms with Gasteiger partial charge >= 0.3 is 0 Å². The molecule has 3 nitrogen and oxygen atoms in total. The molecule has 3 rings (SSSR count). The average molecular weight is 231 g/mol. The highest BCUT2D eigenvalue weighted by molar-refractivity contribution is 5.98. The molecule has 0 unspecified atom stereocenters. The fourth-order valence-corrected chi connectivity index (χ4v) is 2.62. The average Bonchev–Trinajstić information content (AvgIpc) is 2.70. The predicted octanol–water partition coefficient (Wildman–Crippen LogP) is 2.70. The topological polar surface area (TPSA) is 29.5 Å². The summed E-state index contributed by atoms with van der Waals surface area (Å²) in [6.07, 6.45) is 1.57. The van der Waals surface area contributed by atoms with Crippen LogP contribution in [0.15, 0.2) is 18.2 Å². The zero-order valence-corrected chi connectivity index (χ0v) is 10.3. The van der Waals surface area contributed by atoms with Crippen molar-refractivity contribution in [2.24, 2.45) is 0 Å². The van der Waals surface area contributed by atoms with E-state index in [2.05, 4.69) is 26.0 Å². The molecular formula is C14H17NO2. The number of hydrogen-bond donors (Lipinski definition) is 0. The van der Waals surface area contributed by atoms with Gasteiger partial charge < -0.3 is 9.64 Å². The molecule has 1 saturated heterocycles. The number of ether oxygens (including phenoxy) is 1. The quantitative estimate of drug-likeness (QED) is 0.743. The first-order valence-electron chi connectivity index (χ1n) is 6.25. The molecule has 0 bridgehead atoms. The number of anilines is 1. The Kier molecular flexibility index (Phi) is 2.35. The van der Waals surface area contributed by atoms with Crippen molar-refractivity contribution in [2.75, 3.05) is 11.5 Å². The summed E-state index contributed by atoms with van der Waals surface area (Å²) in [5, 5.41) is 0. The van der Waals surface area contributed by atoms with Gasteiger partial charge in [0.15, 0.2) is 0 Å². The molecule has 1 aromatic rings.